The van der Waals surface area contributed by atoms with Gasteiger partial charge in [0, 0.05) is 37.8 Å². The zero-order chi connectivity index (χ0) is 21.5. The Kier molecular flexibility index (Phi) is 7.95. The van der Waals surface area contributed by atoms with E-state index in [-0.39, 0.29) is 24.5 Å². The predicted molar refractivity (Wildman–Crippen MR) is 115 cm³/mol. The van der Waals surface area contributed by atoms with Crippen LogP contribution in [0.15, 0.2) is 36.5 Å². The van der Waals surface area contributed by atoms with E-state index in [0.29, 0.717) is 43.6 Å². The lowest BCUT2D eigenvalue weighted by Crippen LogP contribution is -2.40. The van der Waals surface area contributed by atoms with Crippen molar-refractivity contribution in [3.63, 3.8) is 0 Å². The number of methoxy groups -OCH3 is 1. The lowest BCUT2D eigenvalue weighted by Gasteiger charge is -2.25. The molecule has 0 bridgehead atoms. The average molecular weight is 432 g/mol. The zero-order valence-corrected chi connectivity index (χ0v) is 18.6. The molecule has 0 N–H and O–H groups in total. The van der Waals surface area contributed by atoms with Crippen LogP contribution in [0.4, 0.5) is 0 Å². The van der Waals surface area contributed by atoms with Gasteiger partial charge in [0.05, 0.1) is 29.9 Å². The summed E-state index contributed by atoms with van der Waals surface area (Å²) in [4.78, 5) is 35.3. The van der Waals surface area contributed by atoms with Crippen LogP contribution in [-0.2, 0) is 27.5 Å². The van der Waals surface area contributed by atoms with Gasteiger partial charge in [-0.2, -0.15) is 0 Å². The summed E-state index contributed by atoms with van der Waals surface area (Å²) < 4.78 is 11.2. The Morgan fingerprint density at radius 3 is 2.77 bits per heavy atom. The van der Waals surface area contributed by atoms with Crippen LogP contribution < -0.4 is 0 Å². The molecule has 2 amide bonds. The van der Waals surface area contributed by atoms with Crippen LogP contribution in [0.2, 0.25) is 0 Å². The molecule has 2 aromatic rings. The van der Waals surface area contributed by atoms with Crippen molar-refractivity contribution in [3.05, 3.63) is 52.0 Å². The monoisotopic (exact) mass is 431 g/mol. The Morgan fingerprint density at radius 2 is 2.07 bits per heavy atom. The number of aromatic nitrogens is 1. The van der Waals surface area contributed by atoms with Crippen molar-refractivity contribution in [1.29, 1.82) is 0 Å². The van der Waals surface area contributed by atoms with E-state index in [9.17, 15) is 9.59 Å². The number of amides is 2. The van der Waals surface area contributed by atoms with Gasteiger partial charge in [0.25, 0.3) is 5.91 Å². The van der Waals surface area contributed by atoms with E-state index in [1.165, 1.54) is 11.3 Å². The Balaban J connectivity index is 1.74. The summed E-state index contributed by atoms with van der Waals surface area (Å²) in [5, 5.41) is 0. The van der Waals surface area contributed by atoms with Gasteiger partial charge in [-0.15, -0.1) is 11.3 Å². The molecule has 2 aromatic heterocycles. The Labute approximate surface area is 181 Å². The predicted octanol–water partition coefficient (Wildman–Crippen LogP) is 2.82. The summed E-state index contributed by atoms with van der Waals surface area (Å²) >= 11 is 1.40. The molecule has 30 heavy (non-hydrogen) atoms. The number of thiophene rings is 1. The highest BCUT2D eigenvalue weighted by molar-refractivity contribution is 7.14. The van der Waals surface area contributed by atoms with Gasteiger partial charge in [-0.3, -0.25) is 14.6 Å². The number of rotatable bonds is 8. The van der Waals surface area contributed by atoms with Gasteiger partial charge in [-0.05, 0) is 30.2 Å². The van der Waals surface area contributed by atoms with Crippen molar-refractivity contribution in [1.82, 2.24) is 14.8 Å². The Hall–Kier alpha value is -2.29. The zero-order valence-electron chi connectivity index (χ0n) is 17.7. The Morgan fingerprint density at radius 1 is 1.23 bits per heavy atom. The van der Waals surface area contributed by atoms with Crippen molar-refractivity contribution in [2.75, 3.05) is 33.3 Å². The standard InChI is InChI=1S/C22H29N3O4S/c1-16(2)10-24-11-18(29-14-17-6-4-5-9-23-17)12-25(13-21(24)26)22(27)20-8-7-19(30-20)15-28-3/h4-9,16,18H,10-15H2,1-3H3/t18-/m0/s1. The third-order valence-corrected chi connectivity index (χ3v) is 5.80. The molecule has 1 saturated heterocycles. The molecule has 3 rings (SSSR count). The normalized spacial score (nSPS) is 17.5. The molecule has 3 heterocycles. The number of carbonyl (C=O) groups is 2. The maximum Gasteiger partial charge on any atom is 0.264 e. The van der Waals surface area contributed by atoms with Crippen molar-refractivity contribution in [2.24, 2.45) is 5.92 Å². The minimum Gasteiger partial charge on any atom is -0.379 e. The van der Waals surface area contributed by atoms with E-state index in [0.717, 1.165) is 10.6 Å². The molecule has 1 atom stereocenters. The largest absolute Gasteiger partial charge is 0.379 e. The second-order valence-electron chi connectivity index (χ2n) is 7.83. The second kappa shape index (κ2) is 10.7. The van der Waals surface area contributed by atoms with Crippen LogP contribution in [0.3, 0.4) is 0 Å². The van der Waals surface area contributed by atoms with E-state index in [1.807, 2.05) is 29.2 Å². The quantitative estimate of drug-likeness (QED) is 0.643. The summed E-state index contributed by atoms with van der Waals surface area (Å²) in [6, 6.07) is 9.36. The number of carbonyl (C=O) groups excluding carboxylic acids is 2. The molecule has 0 unspecified atom stereocenters. The highest BCUT2D eigenvalue weighted by atomic mass is 32.1. The minimum absolute atomic E-state index is 0.0466. The van der Waals surface area contributed by atoms with Crippen molar-refractivity contribution in [3.8, 4) is 0 Å². The van der Waals surface area contributed by atoms with E-state index in [2.05, 4.69) is 18.8 Å². The van der Waals surface area contributed by atoms with Crippen LogP contribution >= 0.6 is 11.3 Å². The van der Waals surface area contributed by atoms with Crippen molar-refractivity contribution < 1.29 is 19.1 Å². The molecular formula is C22H29N3O4S. The first kappa shape index (κ1) is 22.4. The molecule has 8 heteroatoms. The summed E-state index contributed by atoms with van der Waals surface area (Å²) in [5.41, 5.74) is 0.823. The maximum atomic E-state index is 13.1. The number of nitrogens with zero attached hydrogens (tertiary/aromatic N) is 3. The molecule has 0 saturated carbocycles. The summed E-state index contributed by atoms with van der Waals surface area (Å²) in [5.74, 6) is 0.143. The molecule has 1 aliphatic rings. The number of ether oxygens (including phenoxy) is 2. The van der Waals surface area contributed by atoms with Gasteiger partial charge < -0.3 is 19.3 Å². The van der Waals surface area contributed by atoms with Gasteiger partial charge in [-0.1, -0.05) is 19.9 Å². The second-order valence-corrected chi connectivity index (χ2v) is 9.00. The van der Waals surface area contributed by atoms with Gasteiger partial charge >= 0.3 is 0 Å². The fraction of sp³-hybridized carbons (Fsp3) is 0.500. The summed E-state index contributed by atoms with van der Waals surface area (Å²) in [6.07, 6.45) is 1.45. The first-order valence-electron chi connectivity index (χ1n) is 10.1. The van der Waals surface area contributed by atoms with Gasteiger partial charge in [0.1, 0.15) is 6.54 Å². The smallest absolute Gasteiger partial charge is 0.264 e. The van der Waals surface area contributed by atoms with Crippen molar-refractivity contribution >= 4 is 23.2 Å². The number of pyridine rings is 1. The van der Waals surface area contributed by atoms with E-state index in [4.69, 9.17) is 9.47 Å². The van der Waals surface area contributed by atoms with Gasteiger partial charge in [0.2, 0.25) is 5.91 Å². The number of hydrogen-bond donors (Lipinski definition) is 0. The maximum absolute atomic E-state index is 13.1. The lowest BCUT2D eigenvalue weighted by atomic mass is 10.2. The molecule has 162 valence electrons. The Bertz CT molecular complexity index is 840. The average Bonchev–Trinajstić information content (AvgIpc) is 3.13. The van der Waals surface area contributed by atoms with E-state index < -0.39 is 0 Å². The van der Waals surface area contributed by atoms with Crippen LogP contribution in [-0.4, -0.2) is 66.0 Å². The van der Waals surface area contributed by atoms with E-state index in [1.54, 1.807) is 24.3 Å². The van der Waals surface area contributed by atoms with E-state index >= 15 is 0 Å². The van der Waals surface area contributed by atoms with Crippen LogP contribution in [0.5, 0.6) is 0 Å². The topological polar surface area (TPSA) is 72.0 Å². The fourth-order valence-corrected chi connectivity index (χ4v) is 4.36. The first-order valence-corrected chi connectivity index (χ1v) is 10.9. The number of hydrogen-bond acceptors (Lipinski definition) is 6. The molecule has 1 aliphatic heterocycles. The highest BCUT2D eigenvalue weighted by Crippen LogP contribution is 2.21. The fourth-order valence-electron chi connectivity index (χ4n) is 3.41. The summed E-state index contributed by atoms with van der Waals surface area (Å²) in [6.45, 7) is 6.50. The van der Waals surface area contributed by atoms with Gasteiger partial charge in [-0.25, -0.2) is 0 Å². The molecular weight excluding hydrogens is 402 g/mol. The lowest BCUT2D eigenvalue weighted by molar-refractivity contribution is -0.132. The third kappa shape index (κ3) is 6.10. The molecule has 0 aromatic carbocycles. The summed E-state index contributed by atoms with van der Waals surface area (Å²) in [7, 11) is 1.63. The molecule has 0 spiro atoms. The first-order chi connectivity index (χ1) is 14.5. The van der Waals surface area contributed by atoms with Gasteiger partial charge in [0.15, 0.2) is 0 Å². The molecule has 0 radical (unpaired) electrons. The molecule has 0 aliphatic carbocycles. The molecule has 1 fully saturated rings. The molecule has 7 nitrogen and oxygen atoms in total. The third-order valence-electron chi connectivity index (χ3n) is 4.75. The minimum atomic E-state index is -0.278. The van der Waals surface area contributed by atoms with Crippen LogP contribution in [0.25, 0.3) is 0 Å². The van der Waals surface area contributed by atoms with Crippen LogP contribution in [0.1, 0.15) is 34.1 Å². The van der Waals surface area contributed by atoms with Crippen molar-refractivity contribution in [2.45, 2.75) is 33.2 Å². The SMILES string of the molecule is COCc1ccc(C(=O)N2CC(=O)N(CC(C)C)C[C@H](OCc3ccccn3)C2)s1. The van der Waals surface area contributed by atoms with Crippen LogP contribution in [0, 0.1) is 5.92 Å². The highest BCUT2D eigenvalue weighted by Gasteiger charge is 2.32.